The van der Waals surface area contributed by atoms with Crippen LogP contribution in [0.15, 0.2) is 29.3 Å². The molecule has 0 spiro atoms. The molecule has 4 rings (SSSR count). The maximum atomic E-state index is 13.9. The van der Waals surface area contributed by atoms with Crippen molar-refractivity contribution in [3.63, 3.8) is 0 Å². The Kier molecular flexibility index (Phi) is 4.92. The number of likely N-dealkylation sites (N-methyl/N-ethyl adjacent to an activating group) is 2. The summed E-state index contributed by atoms with van der Waals surface area (Å²) < 4.78 is 13.9. The van der Waals surface area contributed by atoms with Crippen LogP contribution in [0.3, 0.4) is 0 Å². The van der Waals surface area contributed by atoms with Crippen LogP contribution < -0.4 is 5.32 Å². The molecule has 150 valence electrons. The SMILES string of the molecule is CCN1C(N2CCN(Cc3ccccc3F)CC2)=NC2C1C(=O)NC(=O)N2C. The highest BCUT2D eigenvalue weighted by molar-refractivity contribution is 6.03. The highest BCUT2D eigenvalue weighted by atomic mass is 19.1. The standard InChI is InChI=1S/C19H25FN6O2/c1-3-26-15-16(23(2)19(28)22-17(15)27)21-18(26)25-10-8-24(9-11-25)12-13-6-4-5-7-14(13)20/h4-7,15-16H,3,8-12H2,1-2H3,(H,22,27,28). The zero-order valence-corrected chi connectivity index (χ0v) is 16.1. The number of guanidine groups is 1. The Morgan fingerprint density at radius 1 is 1.18 bits per heavy atom. The molecule has 2 fully saturated rings. The van der Waals surface area contributed by atoms with Gasteiger partial charge in [0.2, 0.25) is 0 Å². The zero-order valence-electron chi connectivity index (χ0n) is 16.1. The number of aliphatic imine (C=N–C) groups is 1. The van der Waals surface area contributed by atoms with Crippen LogP contribution in [-0.2, 0) is 11.3 Å². The van der Waals surface area contributed by atoms with Gasteiger partial charge >= 0.3 is 6.03 Å². The summed E-state index contributed by atoms with van der Waals surface area (Å²) in [4.78, 5) is 36.9. The van der Waals surface area contributed by atoms with Crippen LogP contribution in [-0.4, -0.2) is 89.5 Å². The number of amides is 3. The van der Waals surface area contributed by atoms with Crippen LogP contribution in [0.25, 0.3) is 0 Å². The maximum Gasteiger partial charge on any atom is 0.325 e. The number of hydrogen-bond acceptors (Lipinski definition) is 6. The molecule has 2 atom stereocenters. The third-order valence-corrected chi connectivity index (χ3v) is 5.69. The van der Waals surface area contributed by atoms with Gasteiger partial charge in [0.15, 0.2) is 18.2 Å². The predicted molar refractivity (Wildman–Crippen MR) is 102 cm³/mol. The van der Waals surface area contributed by atoms with Gasteiger partial charge in [0.25, 0.3) is 5.91 Å². The molecule has 2 unspecified atom stereocenters. The van der Waals surface area contributed by atoms with Crippen molar-refractivity contribution >= 4 is 17.9 Å². The van der Waals surface area contributed by atoms with E-state index >= 15 is 0 Å². The lowest BCUT2D eigenvalue weighted by molar-refractivity contribution is -0.127. The van der Waals surface area contributed by atoms with Gasteiger partial charge < -0.3 is 14.7 Å². The molecule has 28 heavy (non-hydrogen) atoms. The van der Waals surface area contributed by atoms with Crippen LogP contribution in [0, 0.1) is 5.82 Å². The second-order valence-corrected chi connectivity index (χ2v) is 7.33. The molecule has 3 aliphatic rings. The molecule has 0 aromatic heterocycles. The van der Waals surface area contributed by atoms with E-state index in [0.717, 1.165) is 32.1 Å². The first-order valence-corrected chi connectivity index (χ1v) is 9.62. The summed E-state index contributed by atoms with van der Waals surface area (Å²) in [6.45, 7) is 6.23. The first kappa shape index (κ1) is 18.7. The second-order valence-electron chi connectivity index (χ2n) is 7.33. The molecular weight excluding hydrogens is 363 g/mol. The van der Waals surface area contributed by atoms with Crippen LogP contribution >= 0.6 is 0 Å². The molecule has 3 heterocycles. The van der Waals surface area contributed by atoms with Crippen LogP contribution in [0.2, 0.25) is 0 Å². The van der Waals surface area contributed by atoms with Crippen LogP contribution in [0.5, 0.6) is 0 Å². The Morgan fingerprint density at radius 2 is 1.89 bits per heavy atom. The summed E-state index contributed by atoms with van der Waals surface area (Å²) >= 11 is 0. The molecule has 8 nitrogen and oxygen atoms in total. The van der Waals surface area contributed by atoms with Gasteiger partial charge in [0, 0.05) is 51.9 Å². The number of urea groups is 1. The summed E-state index contributed by atoms with van der Waals surface area (Å²) in [5.41, 5.74) is 0.701. The van der Waals surface area contributed by atoms with Gasteiger partial charge in [-0.15, -0.1) is 0 Å². The molecule has 0 radical (unpaired) electrons. The fourth-order valence-electron chi connectivity index (χ4n) is 4.09. The number of halogens is 1. The third kappa shape index (κ3) is 3.19. The van der Waals surface area contributed by atoms with E-state index in [2.05, 4.69) is 15.1 Å². The van der Waals surface area contributed by atoms with Gasteiger partial charge in [-0.1, -0.05) is 18.2 Å². The number of piperazine rings is 1. The summed E-state index contributed by atoms with van der Waals surface area (Å²) in [5, 5.41) is 2.40. The first-order valence-electron chi connectivity index (χ1n) is 9.62. The van der Waals surface area contributed by atoms with E-state index in [1.165, 1.54) is 11.0 Å². The number of hydrogen-bond donors (Lipinski definition) is 1. The molecule has 0 saturated carbocycles. The van der Waals surface area contributed by atoms with Gasteiger partial charge in [-0.25, -0.2) is 14.2 Å². The Hall–Kier alpha value is -2.68. The number of fused-ring (bicyclic) bond motifs is 1. The van der Waals surface area contributed by atoms with Crippen LogP contribution in [0.4, 0.5) is 9.18 Å². The van der Waals surface area contributed by atoms with Crippen molar-refractivity contribution in [2.45, 2.75) is 25.7 Å². The largest absolute Gasteiger partial charge is 0.340 e. The minimum atomic E-state index is -0.493. The predicted octanol–water partition coefficient (Wildman–Crippen LogP) is 0.511. The molecule has 3 aliphatic heterocycles. The van der Waals surface area contributed by atoms with Crippen molar-refractivity contribution in [1.29, 1.82) is 0 Å². The number of nitrogens with one attached hydrogen (secondary N) is 1. The number of rotatable bonds is 3. The van der Waals surface area contributed by atoms with Gasteiger partial charge in [-0.2, -0.15) is 0 Å². The molecule has 3 amide bonds. The lowest BCUT2D eigenvalue weighted by Crippen LogP contribution is -2.64. The smallest absolute Gasteiger partial charge is 0.325 e. The summed E-state index contributed by atoms with van der Waals surface area (Å²) in [5.74, 6) is 0.289. The fraction of sp³-hybridized carbons (Fsp3) is 0.526. The lowest BCUT2D eigenvalue weighted by atomic mass is 10.1. The Morgan fingerprint density at radius 3 is 2.57 bits per heavy atom. The number of carbonyl (C=O) groups excluding carboxylic acids is 2. The van der Waals surface area contributed by atoms with Gasteiger partial charge in [-0.05, 0) is 13.0 Å². The zero-order chi connectivity index (χ0) is 19.8. The van der Waals surface area contributed by atoms with E-state index in [9.17, 15) is 14.0 Å². The monoisotopic (exact) mass is 388 g/mol. The van der Waals surface area contributed by atoms with Gasteiger partial charge in [-0.3, -0.25) is 15.0 Å². The first-order chi connectivity index (χ1) is 13.5. The van der Waals surface area contributed by atoms with Crippen molar-refractivity contribution in [1.82, 2.24) is 24.9 Å². The van der Waals surface area contributed by atoms with Gasteiger partial charge in [0.05, 0.1) is 0 Å². The van der Waals surface area contributed by atoms with Crippen molar-refractivity contribution in [3.8, 4) is 0 Å². The molecule has 0 aliphatic carbocycles. The average molecular weight is 388 g/mol. The van der Waals surface area contributed by atoms with E-state index < -0.39 is 18.2 Å². The van der Waals surface area contributed by atoms with E-state index in [1.807, 2.05) is 24.0 Å². The van der Waals surface area contributed by atoms with E-state index in [0.29, 0.717) is 18.7 Å². The topological polar surface area (TPSA) is 71.5 Å². The molecule has 9 heteroatoms. The number of imide groups is 1. The van der Waals surface area contributed by atoms with Crippen molar-refractivity contribution in [2.24, 2.45) is 4.99 Å². The van der Waals surface area contributed by atoms with Gasteiger partial charge in [0.1, 0.15) is 5.82 Å². The minimum absolute atomic E-state index is 0.176. The normalized spacial score (nSPS) is 25.7. The number of carbonyl (C=O) groups is 2. The average Bonchev–Trinajstić information content (AvgIpc) is 3.09. The Balaban J connectivity index is 1.44. The Bertz CT molecular complexity index is 807. The molecule has 1 N–H and O–H groups in total. The molecular formula is C19H25FN6O2. The summed E-state index contributed by atoms with van der Waals surface area (Å²) in [6.07, 6.45) is -0.493. The van der Waals surface area contributed by atoms with E-state index in [4.69, 9.17) is 4.99 Å². The molecule has 0 bridgehead atoms. The molecule has 1 aromatic carbocycles. The van der Waals surface area contributed by atoms with Crippen LogP contribution in [0.1, 0.15) is 12.5 Å². The molecule has 2 saturated heterocycles. The number of nitrogens with zero attached hydrogens (tertiary/aromatic N) is 5. The second kappa shape index (κ2) is 7.38. The van der Waals surface area contributed by atoms with Crippen molar-refractivity contribution in [2.75, 3.05) is 39.8 Å². The fourth-order valence-corrected chi connectivity index (χ4v) is 4.09. The maximum absolute atomic E-state index is 13.9. The van der Waals surface area contributed by atoms with Crippen molar-refractivity contribution in [3.05, 3.63) is 35.6 Å². The molecule has 1 aromatic rings. The third-order valence-electron chi connectivity index (χ3n) is 5.69. The minimum Gasteiger partial charge on any atom is -0.340 e. The van der Waals surface area contributed by atoms with Crippen molar-refractivity contribution < 1.29 is 14.0 Å². The lowest BCUT2D eigenvalue weighted by Gasteiger charge is -2.40. The van der Waals surface area contributed by atoms with E-state index in [1.54, 1.807) is 13.1 Å². The van der Waals surface area contributed by atoms with E-state index in [-0.39, 0.29) is 11.7 Å². The summed E-state index contributed by atoms with van der Waals surface area (Å²) in [6, 6.07) is 5.96. The highest BCUT2D eigenvalue weighted by Crippen LogP contribution is 2.25. The quantitative estimate of drug-likeness (QED) is 0.817. The summed E-state index contributed by atoms with van der Waals surface area (Å²) in [7, 11) is 1.66. The Labute approximate surface area is 163 Å². The number of benzene rings is 1. The highest BCUT2D eigenvalue weighted by Gasteiger charge is 2.49.